The van der Waals surface area contributed by atoms with Gasteiger partial charge in [-0.05, 0) is 30.3 Å². The molecule has 4 rings (SSSR count). The molecule has 0 fully saturated rings. The van der Waals surface area contributed by atoms with E-state index in [4.69, 9.17) is 16.3 Å². The number of alkyl carbamates (subject to hydrolysis) is 1. The number of rotatable bonds is 4. The number of nitrogens with zero attached hydrogens (tertiary/aromatic N) is 3. The van der Waals surface area contributed by atoms with E-state index < -0.39 is 18.3 Å². The molecule has 3 heterocycles. The molecule has 2 amide bonds. The standard InChI is InChI=1S/C20H15ClN4O5/c1-29-16(26)10-22-20(28)30-19-13-5-3-2-4-12(13)18(27)25(19)15-9-7-11-6-8-14(21)23-17(11)24-15/h2-9,19H,10H2,1H3,(H,22,28). The van der Waals surface area contributed by atoms with E-state index in [-0.39, 0.29) is 23.4 Å². The van der Waals surface area contributed by atoms with Crippen LogP contribution in [-0.2, 0) is 14.3 Å². The van der Waals surface area contributed by atoms with E-state index in [0.717, 1.165) is 5.39 Å². The van der Waals surface area contributed by atoms with E-state index in [1.54, 1.807) is 48.5 Å². The van der Waals surface area contributed by atoms with Crippen molar-refractivity contribution < 1.29 is 23.9 Å². The molecule has 9 nitrogen and oxygen atoms in total. The predicted octanol–water partition coefficient (Wildman–Crippen LogP) is 2.84. The van der Waals surface area contributed by atoms with Gasteiger partial charge in [0.2, 0.25) is 6.23 Å². The van der Waals surface area contributed by atoms with Crippen molar-refractivity contribution in [1.82, 2.24) is 15.3 Å². The molecule has 2 aromatic heterocycles. The summed E-state index contributed by atoms with van der Waals surface area (Å²) in [5.41, 5.74) is 1.22. The first-order valence-corrected chi connectivity index (χ1v) is 9.23. The van der Waals surface area contributed by atoms with Gasteiger partial charge in [0.1, 0.15) is 17.5 Å². The number of esters is 1. The minimum atomic E-state index is -1.07. The number of methoxy groups -OCH3 is 1. The van der Waals surface area contributed by atoms with E-state index in [1.807, 2.05) is 0 Å². The number of fused-ring (bicyclic) bond motifs is 2. The van der Waals surface area contributed by atoms with Gasteiger partial charge in [-0.3, -0.25) is 14.5 Å². The number of ether oxygens (including phenoxy) is 2. The Balaban J connectivity index is 1.69. The van der Waals surface area contributed by atoms with Gasteiger partial charge in [-0.15, -0.1) is 0 Å². The van der Waals surface area contributed by atoms with E-state index in [0.29, 0.717) is 16.8 Å². The van der Waals surface area contributed by atoms with E-state index in [9.17, 15) is 14.4 Å². The molecule has 0 spiro atoms. The van der Waals surface area contributed by atoms with Crippen molar-refractivity contribution in [2.75, 3.05) is 18.6 Å². The minimum Gasteiger partial charge on any atom is -0.468 e. The first kappa shape index (κ1) is 19.6. The molecule has 0 radical (unpaired) electrons. The number of halogens is 1. The van der Waals surface area contributed by atoms with Crippen molar-refractivity contribution in [1.29, 1.82) is 0 Å². The van der Waals surface area contributed by atoms with Crippen LogP contribution in [0.1, 0.15) is 22.1 Å². The summed E-state index contributed by atoms with van der Waals surface area (Å²) in [6.45, 7) is -0.367. The lowest BCUT2D eigenvalue weighted by atomic mass is 10.1. The number of amides is 2. The van der Waals surface area contributed by atoms with Gasteiger partial charge in [-0.25, -0.2) is 14.8 Å². The lowest BCUT2D eigenvalue weighted by Crippen LogP contribution is -2.36. The Kier molecular flexibility index (Phi) is 5.20. The van der Waals surface area contributed by atoms with Gasteiger partial charge in [-0.2, -0.15) is 0 Å². The molecule has 0 aliphatic carbocycles. The third kappa shape index (κ3) is 3.62. The average molecular weight is 427 g/mol. The van der Waals surface area contributed by atoms with E-state index in [2.05, 4.69) is 20.0 Å². The molecule has 1 aliphatic heterocycles. The number of benzene rings is 1. The van der Waals surface area contributed by atoms with Gasteiger partial charge in [-0.1, -0.05) is 29.8 Å². The maximum atomic E-state index is 13.1. The van der Waals surface area contributed by atoms with Gasteiger partial charge >= 0.3 is 12.1 Å². The number of aromatic nitrogens is 2. The van der Waals surface area contributed by atoms with Crippen molar-refractivity contribution in [3.05, 3.63) is 64.8 Å². The first-order valence-electron chi connectivity index (χ1n) is 8.85. The number of carbonyl (C=O) groups excluding carboxylic acids is 3. The maximum absolute atomic E-state index is 13.1. The highest BCUT2D eigenvalue weighted by Gasteiger charge is 2.41. The van der Waals surface area contributed by atoms with Crippen molar-refractivity contribution in [2.45, 2.75) is 6.23 Å². The Morgan fingerprint density at radius 3 is 2.70 bits per heavy atom. The molecular formula is C20H15ClN4O5. The zero-order valence-corrected chi connectivity index (χ0v) is 16.4. The van der Waals surface area contributed by atoms with E-state index >= 15 is 0 Å². The summed E-state index contributed by atoms with van der Waals surface area (Å²) in [6, 6.07) is 13.5. The highest BCUT2D eigenvalue weighted by Crippen LogP contribution is 2.37. The fourth-order valence-electron chi connectivity index (χ4n) is 3.08. The van der Waals surface area contributed by atoms with Gasteiger partial charge in [0.05, 0.1) is 7.11 Å². The summed E-state index contributed by atoms with van der Waals surface area (Å²) in [6.07, 6.45) is -1.96. The number of hydrogen-bond acceptors (Lipinski definition) is 7. The van der Waals surface area contributed by atoms with Crippen LogP contribution in [0.2, 0.25) is 5.15 Å². The second-order valence-corrected chi connectivity index (χ2v) is 6.69. The topological polar surface area (TPSA) is 111 Å². The van der Waals surface area contributed by atoms with Gasteiger partial charge in [0, 0.05) is 16.5 Å². The number of nitrogens with one attached hydrogen (secondary N) is 1. The van der Waals surface area contributed by atoms with Crippen LogP contribution in [0.3, 0.4) is 0 Å². The number of hydrogen-bond donors (Lipinski definition) is 1. The second kappa shape index (κ2) is 7.96. The Morgan fingerprint density at radius 2 is 1.90 bits per heavy atom. The van der Waals surface area contributed by atoms with Crippen LogP contribution >= 0.6 is 11.6 Å². The van der Waals surface area contributed by atoms with Crippen molar-refractivity contribution in [2.24, 2.45) is 0 Å². The van der Waals surface area contributed by atoms with Gasteiger partial charge in [0.25, 0.3) is 5.91 Å². The summed E-state index contributed by atoms with van der Waals surface area (Å²) < 4.78 is 9.95. The molecule has 1 aromatic carbocycles. The molecule has 152 valence electrons. The largest absolute Gasteiger partial charge is 0.468 e. The average Bonchev–Trinajstić information content (AvgIpc) is 3.03. The summed E-state index contributed by atoms with van der Waals surface area (Å²) >= 11 is 5.96. The third-order valence-electron chi connectivity index (χ3n) is 4.48. The van der Waals surface area contributed by atoms with Crippen LogP contribution in [0.25, 0.3) is 11.0 Å². The normalized spacial score (nSPS) is 15.1. The zero-order valence-electron chi connectivity index (χ0n) is 15.7. The molecule has 0 bridgehead atoms. The number of carbonyl (C=O) groups is 3. The molecule has 30 heavy (non-hydrogen) atoms. The summed E-state index contributed by atoms with van der Waals surface area (Å²) in [5.74, 6) is -0.777. The Labute approximate surface area is 175 Å². The fourth-order valence-corrected chi connectivity index (χ4v) is 3.23. The highest BCUT2D eigenvalue weighted by atomic mass is 35.5. The molecule has 1 atom stereocenters. The highest BCUT2D eigenvalue weighted by molar-refractivity contribution is 6.29. The van der Waals surface area contributed by atoms with Crippen LogP contribution in [0, 0.1) is 0 Å². The molecular weight excluding hydrogens is 412 g/mol. The molecule has 1 unspecified atom stereocenters. The van der Waals surface area contributed by atoms with Crippen molar-refractivity contribution in [3.8, 4) is 0 Å². The molecule has 0 saturated carbocycles. The lowest BCUT2D eigenvalue weighted by Gasteiger charge is -2.24. The van der Waals surface area contributed by atoms with Crippen LogP contribution in [-0.4, -0.2) is 41.6 Å². The van der Waals surface area contributed by atoms with Gasteiger partial charge < -0.3 is 14.8 Å². The van der Waals surface area contributed by atoms with Gasteiger partial charge in [0.15, 0.2) is 5.65 Å². The molecule has 1 aliphatic rings. The molecule has 10 heteroatoms. The van der Waals surface area contributed by atoms with Crippen molar-refractivity contribution in [3.63, 3.8) is 0 Å². The van der Waals surface area contributed by atoms with Crippen LogP contribution in [0.4, 0.5) is 10.6 Å². The Hall–Kier alpha value is -3.72. The lowest BCUT2D eigenvalue weighted by molar-refractivity contribution is -0.139. The van der Waals surface area contributed by atoms with Crippen LogP contribution in [0.5, 0.6) is 0 Å². The smallest absolute Gasteiger partial charge is 0.409 e. The summed E-state index contributed by atoms with van der Waals surface area (Å²) in [5, 5.41) is 3.29. The summed E-state index contributed by atoms with van der Waals surface area (Å²) in [7, 11) is 1.20. The fraction of sp³-hybridized carbons (Fsp3) is 0.150. The van der Waals surface area contributed by atoms with Crippen LogP contribution in [0.15, 0.2) is 48.5 Å². The maximum Gasteiger partial charge on any atom is 0.409 e. The zero-order chi connectivity index (χ0) is 21.3. The monoisotopic (exact) mass is 426 g/mol. The molecule has 1 N–H and O–H groups in total. The predicted molar refractivity (Wildman–Crippen MR) is 107 cm³/mol. The van der Waals surface area contributed by atoms with Crippen molar-refractivity contribution >= 4 is 46.4 Å². The Morgan fingerprint density at radius 1 is 1.13 bits per heavy atom. The quantitative estimate of drug-likeness (QED) is 0.504. The first-order chi connectivity index (χ1) is 14.5. The minimum absolute atomic E-state index is 0.240. The van der Waals surface area contributed by atoms with E-state index in [1.165, 1.54) is 12.0 Å². The number of anilines is 1. The van der Waals surface area contributed by atoms with Crippen LogP contribution < -0.4 is 10.2 Å². The Bertz CT molecular complexity index is 1170. The number of pyridine rings is 2. The summed E-state index contributed by atoms with van der Waals surface area (Å²) in [4.78, 5) is 46.4. The second-order valence-electron chi connectivity index (χ2n) is 6.30. The molecule has 3 aromatic rings. The SMILES string of the molecule is COC(=O)CNC(=O)OC1c2ccccc2C(=O)N1c1ccc2ccc(Cl)nc2n1. The molecule has 0 saturated heterocycles. The third-order valence-corrected chi connectivity index (χ3v) is 4.70.